The molecule has 0 spiro atoms. The van der Waals surface area contributed by atoms with E-state index in [-0.39, 0.29) is 5.75 Å². The number of nitrogens with zero attached hydrogens (tertiary/aromatic N) is 3. The maximum Gasteiger partial charge on any atom is 0.149 e. The first kappa shape index (κ1) is 15.0. The lowest BCUT2D eigenvalue weighted by atomic mass is 10.1. The van der Waals surface area contributed by atoms with Gasteiger partial charge in [-0.15, -0.1) is 0 Å². The van der Waals surface area contributed by atoms with E-state index < -0.39 is 9.84 Å². The molecule has 0 fully saturated rings. The number of nitrogens with two attached hydrogens (primary N) is 1. The van der Waals surface area contributed by atoms with Crippen molar-refractivity contribution in [1.82, 2.24) is 9.78 Å². The molecule has 0 aliphatic carbocycles. The first-order chi connectivity index (χ1) is 8.26. The predicted molar refractivity (Wildman–Crippen MR) is 73.7 cm³/mol. The SMILES string of the molecule is Cc1nn(C)c(N(C)CCS(C)(=O)=O)c1CCN. The summed E-state index contributed by atoms with van der Waals surface area (Å²) in [5, 5.41) is 4.37. The number of hydrogen-bond acceptors (Lipinski definition) is 5. The molecule has 0 radical (unpaired) electrons. The van der Waals surface area contributed by atoms with Gasteiger partial charge in [-0.2, -0.15) is 5.10 Å². The highest BCUT2D eigenvalue weighted by molar-refractivity contribution is 7.90. The van der Waals surface area contributed by atoms with Crippen LogP contribution in [0.4, 0.5) is 5.82 Å². The van der Waals surface area contributed by atoms with Crippen molar-refractivity contribution in [3.63, 3.8) is 0 Å². The van der Waals surface area contributed by atoms with Crippen LogP contribution in [0.1, 0.15) is 11.3 Å². The highest BCUT2D eigenvalue weighted by Gasteiger charge is 2.17. The van der Waals surface area contributed by atoms with Gasteiger partial charge in [-0.1, -0.05) is 0 Å². The van der Waals surface area contributed by atoms with Gasteiger partial charge in [0.1, 0.15) is 15.7 Å². The Morgan fingerprint density at radius 3 is 2.56 bits per heavy atom. The molecule has 18 heavy (non-hydrogen) atoms. The second kappa shape index (κ2) is 5.71. The fraction of sp³-hybridized carbons (Fsp3) is 0.727. The Morgan fingerprint density at radius 1 is 1.44 bits per heavy atom. The van der Waals surface area contributed by atoms with Gasteiger partial charge in [0.15, 0.2) is 0 Å². The molecule has 0 aromatic carbocycles. The smallest absolute Gasteiger partial charge is 0.149 e. The number of rotatable bonds is 6. The molecule has 104 valence electrons. The van der Waals surface area contributed by atoms with E-state index in [1.807, 2.05) is 25.9 Å². The van der Waals surface area contributed by atoms with Crippen molar-refractivity contribution in [1.29, 1.82) is 0 Å². The van der Waals surface area contributed by atoms with Crippen LogP contribution < -0.4 is 10.6 Å². The molecule has 0 bridgehead atoms. The highest BCUT2D eigenvalue weighted by atomic mass is 32.2. The van der Waals surface area contributed by atoms with Gasteiger partial charge in [0.25, 0.3) is 0 Å². The lowest BCUT2D eigenvalue weighted by molar-refractivity contribution is 0.600. The van der Waals surface area contributed by atoms with Crippen LogP contribution in [0.15, 0.2) is 0 Å². The third-order valence-corrected chi connectivity index (χ3v) is 3.79. The average Bonchev–Trinajstić information content (AvgIpc) is 2.50. The summed E-state index contributed by atoms with van der Waals surface area (Å²) < 4.78 is 24.2. The van der Waals surface area contributed by atoms with Gasteiger partial charge in [-0.25, -0.2) is 8.42 Å². The van der Waals surface area contributed by atoms with E-state index in [2.05, 4.69) is 5.10 Å². The molecule has 0 saturated carbocycles. The van der Waals surface area contributed by atoms with Crippen molar-refractivity contribution < 1.29 is 8.42 Å². The Balaban J connectivity index is 2.94. The van der Waals surface area contributed by atoms with Crippen molar-refractivity contribution >= 4 is 15.7 Å². The Hall–Kier alpha value is -1.08. The lowest BCUT2D eigenvalue weighted by Crippen LogP contribution is -2.27. The molecule has 0 unspecified atom stereocenters. The van der Waals surface area contributed by atoms with Crippen molar-refractivity contribution in [3.8, 4) is 0 Å². The predicted octanol–water partition coefficient (Wildman–Crippen LogP) is -0.289. The van der Waals surface area contributed by atoms with Gasteiger partial charge in [0.2, 0.25) is 0 Å². The second-order valence-electron chi connectivity index (χ2n) is 4.60. The molecule has 1 heterocycles. The molecule has 1 rings (SSSR count). The van der Waals surface area contributed by atoms with Crippen LogP contribution in [-0.2, 0) is 23.3 Å². The van der Waals surface area contributed by atoms with Gasteiger partial charge >= 0.3 is 0 Å². The van der Waals surface area contributed by atoms with Crippen molar-refractivity contribution in [2.45, 2.75) is 13.3 Å². The molecule has 2 N–H and O–H groups in total. The van der Waals surface area contributed by atoms with Crippen molar-refractivity contribution in [3.05, 3.63) is 11.3 Å². The van der Waals surface area contributed by atoms with Crippen LogP contribution in [-0.4, -0.2) is 50.3 Å². The summed E-state index contributed by atoms with van der Waals surface area (Å²) in [5.74, 6) is 1.08. The highest BCUT2D eigenvalue weighted by Crippen LogP contribution is 2.22. The van der Waals surface area contributed by atoms with E-state index in [1.165, 1.54) is 6.26 Å². The minimum Gasteiger partial charge on any atom is -0.359 e. The summed E-state index contributed by atoms with van der Waals surface area (Å²) in [4.78, 5) is 1.92. The molecular formula is C11H22N4O2S. The van der Waals surface area contributed by atoms with E-state index >= 15 is 0 Å². The summed E-state index contributed by atoms with van der Waals surface area (Å²) in [6.07, 6.45) is 1.99. The maximum absolute atomic E-state index is 11.2. The number of aromatic nitrogens is 2. The molecule has 6 nitrogen and oxygen atoms in total. The van der Waals surface area contributed by atoms with Crippen LogP contribution in [0, 0.1) is 6.92 Å². The zero-order chi connectivity index (χ0) is 13.9. The Bertz CT molecular complexity index is 507. The minimum absolute atomic E-state index is 0.135. The summed E-state index contributed by atoms with van der Waals surface area (Å²) in [5.41, 5.74) is 7.64. The van der Waals surface area contributed by atoms with Gasteiger partial charge in [-0.3, -0.25) is 4.68 Å². The van der Waals surface area contributed by atoms with Crippen LogP contribution >= 0.6 is 0 Å². The van der Waals surface area contributed by atoms with E-state index in [0.717, 1.165) is 23.5 Å². The summed E-state index contributed by atoms with van der Waals surface area (Å²) in [6.45, 7) is 2.95. The fourth-order valence-electron chi connectivity index (χ4n) is 2.01. The van der Waals surface area contributed by atoms with Gasteiger partial charge in [-0.05, 0) is 19.9 Å². The number of sulfone groups is 1. The molecule has 0 amide bonds. The number of aryl methyl sites for hydroxylation is 2. The van der Waals surface area contributed by atoms with Gasteiger partial charge in [0.05, 0.1) is 11.4 Å². The molecule has 0 atom stereocenters. The lowest BCUT2D eigenvalue weighted by Gasteiger charge is -2.20. The zero-order valence-electron chi connectivity index (χ0n) is 11.5. The number of hydrogen-bond donors (Lipinski definition) is 1. The largest absolute Gasteiger partial charge is 0.359 e. The van der Waals surface area contributed by atoms with Gasteiger partial charge in [0, 0.05) is 32.5 Å². The van der Waals surface area contributed by atoms with Crippen LogP contribution in [0.5, 0.6) is 0 Å². The van der Waals surface area contributed by atoms with Crippen LogP contribution in [0.2, 0.25) is 0 Å². The first-order valence-corrected chi connectivity index (χ1v) is 7.93. The molecule has 0 aliphatic rings. The van der Waals surface area contributed by atoms with Crippen molar-refractivity contribution in [2.75, 3.05) is 37.0 Å². The summed E-state index contributed by atoms with van der Waals surface area (Å²) in [7, 11) is 0.783. The fourth-order valence-corrected chi connectivity index (χ4v) is 2.62. The van der Waals surface area contributed by atoms with Crippen LogP contribution in [0.25, 0.3) is 0 Å². The van der Waals surface area contributed by atoms with E-state index in [0.29, 0.717) is 13.1 Å². The standard InChI is InChI=1S/C11H22N4O2S/c1-9-10(5-6-12)11(15(3)13-9)14(2)7-8-18(4,16)17/h5-8,12H2,1-4H3. The Kier molecular flexibility index (Phi) is 4.75. The molecule has 0 aliphatic heterocycles. The quantitative estimate of drug-likeness (QED) is 0.771. The Labute approximate surface area is 109 Å². The maximum atomic E-state index is 11.2. The topological polar surface area (TPSA) is 81.2 Å². The van der Waals surface area contributed by atoms with Gasteiger partial charge < -0.3 is 10.6 Å². The zero-order valence-corrected chi connectivity index (χ0v) is 12.3. The normalized spacial score (nSPS) is 11.8. The third-order valence-electron chi connectivity index (χ3n) is 2.87. The molecule has 1 aromatic rings. The van der Waals surface area contributed by atoms with Crippen LogP contribution in [0.3, 0.4) is 0 Å². The average molecular weight is 274 g/mol. The summed E-state index contributed by atoms with van der Waals surface area (Å²) >= 11 is 0. The van der Waals surface area contributed by atoms with Crippen molar-refractivity contribution in [2.24, 2.45) is 12.8 Å². The molecule has 7 heteroatoms. The minimum atomic E-state index is -2.95. The van der Waals surface area contributed by atoms with E-state index in [9.17, 15) is 8.42 Å². The van der Waals surface area contributed by atoms with E-state index in [4.69, 9.17) is 5.73 Å². The Morgan fingerprint density at radius 2 is 2.06 bits per heavy atom. The molecule has 1 aromatic heterocycles. The monoisotopic (exact) mass is 274 g/mol. The third kappa shape index (κ3) is 3.71. The van der Waals surface area contributed by atoms with E-state index in [1.54, 1.807) is 4.68 Å². The molecule has 0 saturated heterocycles. The molecular weight excluding hydrogens is 252 g/mol. The number of anilines is 1. The summed E-state index contributed by atoms with van der Waals surface area (Å²) in [6, 6.07) is 0. The first-order valence-electron chi connectivity index (χ1n) is 5.87. The second-order valence-corrected chi connectivity index (χ2v) is 6.86.